The van der Waals surface area contributed by atoms with Crippen molar-refractivity contribution in [3.63, 3.8) is 0 Å². The predicted molar refractivity (Wildman–Crippen MR) is 80.8 cm³/mol. The first-order chi connectivity index (χ1) is 9.76. The predicted octanol–water partition coefficient (Wildman–Crippen LogP) is 4.68. The fourth-order valence-electron chi connectivity index (χ4n) is 2.21. The second-order valence-electron chi connectivity index (χ2n) is 4.70. The lowest BCUT2D eigenvalue weighted by Crippen LogP contribution is -1.93. The quantitative estimate of drug-likeness (QED) is 0.744. The SMILES string of the molecule is CCc1ccc2nccc(Nc3ccc(F)cc3)c2c1. The van der Waals surface area contributed by atoms with Crippen molar-refractivity contribution in [2.75, 3.05) is 5.32 Å². The molecule has 1 N–H and O–H groups in total. The number of benzene rings is 2. The number of nitrogens with one attached hydrogen (secondary N) is 1. The molecular formula is C17H15FN2. The average molecular weight is 266 g/mol. The number of pyridine rings is 1. The summed E-state index contributed by atoms with van der Waals surface area (Å²) in [6.45, 7) is 2.13. The van der Waals surface area contributed by atoms with E-state index >= 15 is 0 Å². The summed E-state index contributed by atoms with van der Waals surface area (Å²) in [4.78, 5) is 4.37. The zero-order valence-electron chi connectivity index (χ0n) is 11.2. The Balaban J connectivity index is 2.04. The molecule has 0 fully saturated rings. The molecule has 2 nitrogen and oxygen atoms in total. The molecule has 0 aliphatic carbocycles. The Kier molecular flexibility index (Phi) is 3.33. The largest absolute Gasteiger partial charge is 0.355 e. The molecule has 0 saturated carbocycles. The molecule has 2 aromatic carbocycles. The third-order valence-corrected chi connectivity index (χ3v) is 3.34. The summed E-state index contributed by atoms with van der Waals surface area (Å²) in [5, 5.41) is 4.40. The highest BCUT2D eigenvalue weighted by Gasteiger charge is 2.03. The van der Waals surface area contributed by atoms with Crippen LogP contribution in [0.2, 0.25) is 0 Å². The first kappa shape index (κ1) is 12.6. The van der Waals surface area contributed by atoms with Gasteiger partial charge in [-0.15, -0.1) is 0 Å². The molecule has 3 rings (SSSR count). The molecule has 0 saturated heterocycles. The molecule has 0 unspecified atom stereocenters. The molecule has 0 amide bonds. The smallest absolute Gasteiger partial charge is 0.123 e. The van der Waals surface area contributed by atoms with Crippen LogP contribution in [0.5, 0.6) is 0 Å². The highest BCUT2D eigenvalue weighted by molar-refractivity contribution is 5.93. The summed E-state index contributed by atoms with van der Waals surface area (Å²) in [7, 11) is 0. The van der Waals surface area contributed by atoms with Crippen molar-refractivity contribution < 1.29 is 4.39 Å². The lowest BCUT2D eigenvalue weighted by molar-refractivity contribution is 0.628. The minimum Gasteiger partial charge on any atom is -0.355 e. The first-order valence-electron chi connectivity index (χ1n) is 6.66. The van der Waals surface area contributed by atoms with Gasteiger partial charge in [0.15, 0.2) is 0 Å². The van der Waals surface area contributed by atoms with Crippen molar-refractivity contribution in [3.8, 4) is 0 Å². The van der Waals surface area contributed by atoms with Crippen LogP contribution in [0.15, 0.2) is 54.7 Å². The van der Waals surface area contributed by atoms with Gasteiger partial charge in [-0.2, -0.15) is 0 Å². The van der Waals surface area contributed by atoms with Gasteiger partial charge in [-0.25, -0.2) is 4.39 Å². The second-order valence-corrected chi connectivity index (χ2v) is 4.70. The summed E-state index contributed by atoms with van der Waals surface area (Å²) >= 11 is 0. The van der Waals surface area contributed by atoms with E-state index in [0.717, 1.165) is 28.7 Å². The maximum absolute atomic E-state index is 12.9. The molecule has 0 radical (unpaired) electrons. The van der Waals surface area contributed by atoms with E-state index in [-0.39, 0.29) is 5.82 Å². The highest BCUT2D eigenvalue weighted by atomic mass is 19.1. The standard InChI is InChI=1S/C17H15FN2/c1-2-12-3-8-16-15(11-12)17(9-10-19-16)20-14-6-4-13(18)5-7-14/h3-11H,2H2,1H3,(H,19,20). The maximum atomic E-state index is 12.9. The van der Waals surface area contributed by atoms with Crippen molar-refractivity contribution in [1.82, 2.24) is 4.98 Å². The van der Waals surface area contributed by atoms with Crippen LogP contribution in [0.1, 0.15) is 12.5 Å². The Labute approximate surface area is 117 Å². The molecule has 1 aromatic heterocycles. The molecule has 0 aliphatic rings. The molecule has 0 atom stereocenters. The van der Waals surface area contributed by atoms with Gasteiger partial charge >= 0.3 is 0 Å². The van der Waals surface area contributed by atoms with Crippen molar-refractivity contribution >= 4 is 22.3 Å². The van der Waals surface area contributed by atoms with Gasteiger partial charge in [0, 0.05) is 23.0 Å². The van der Waals surface area contributed by atoms with E-state index in [1.165, 1.54) is 17.7 Å². The lowest BCUT2D eigenvalue weighted by atomic mass is 10.1. The Morgan fingerprint density at radius 2 is 1.85 bits per heavy atom. The van der Waals surface area contributed by atoms with Crippen LogP contribution >= 0.6 is 0 Å². The summed E-state index contributed by atoms with van der Waals surface area (Å²) in [6.07, 6.45) is 2.76. The van der Waals surface area contributed by atoms with E-state index in [0.29, 0.717) is 0 Å². The second kappa shape index (κ2) is 5.29. The Hall–Kier alpha value is -2.42. The monoisotopic (exact) mass is 266 g/mol. The lowest BCUT2D eigenvalue weighted by Gasteiger charge is -2.10. The van der Waals surface area contributed by atoms with Crippen molar-refractivity contribution in [3.05, 3.63) is 66.1 Å². The number of halogens is 1. The number of anilines is 2. The first-order valence-corrected chi connectivity index (χ1v) is 6.66. The van der Waals surface area contributed by atoms with Gasteiger partial charge in [-0.1, -0.05) is 13.0 Å². The summed E-state index contributed by atoms with van der Waals surface area (Å²) in [6, 6.07) is 14.6. The van der Waals surface area contributed by atoms with Crippen LogP contribution in [-0.4, -0.2) is 4.98 Å². The van der Waals surface area contributed by atoms with Crippen LogP contribution in [0.3, 0.4) is 0 Å². The number of rotatable bonds is 3. The number of aromatic nitrogens is 1. The summed E-state index contributed by atoms with van der Waals surface area (Å²) in [5.41, 5.74) is 4.07. The van der Waals surface area contributed by atoms with E-state index in [9.17, 15) is 4.39 Å². The summed E-state index contributed by atoms with van der Waals surface area (Å²) in [5.74, 6) is -0.233. The highest BCUT2D eigenvalue weighted by Crippen LogP contribution is 2.26. The average Bonchev–Trinajstić information content (AvgIpc) is 2.49. The van der Waals surface area contributed by atoms with Gasteiger partial charge < -0.3 is 5.32 Å². The molecule has 0 aliphatic heterocycles. The number of fused-ring (bicyclic) bond motifs is 1. The third-order valence-electron chi connectivity index (χ3n) is 3.34. The van der Waals surface area contributed by atoms with Crippen LogP contribution in [0.25, 0.3) is 10.9 Å². The number of aryl methyl sites for hydroxylation is 1. The van der Waals surface area contributed by atoms with E-state index < -0.39 is 0 Å². The zero-order chi connectivity index (χ0) is 13.9. The van der Waals surface area contributed by atoms with E-state index in [1.807, 2.05) is 12.1 Å². The minimum atomic E-state index is -0.233. The van der Waals surface area contributed by atoms with Gasteiger partial charge in [-0.05, 0) is 54.4 Å². The molecular weight excluding hydrogens is 251 g/mol. The molecule has 20 heavy (non-hydrogen) atoms. The molecule has 0 bridgehead atoms. The van der Waals surface area contributed by atoms with E-state index in [4.69, 9.17) is 0 Å². The fraction of sp³-hybridized carbons (Fsp3) is 0.118. The van der Waals surface area contributed by atoms with Crippen molar-refractivity contribution in [2.45, 2.75) is 13.3 Å². The van der Waals surface area contributed by atoms with E-state index in [2.05, 4.69) is 29.4 Å². The Morgan fingerprint density at radius 3 is 2.60 bits per heavy atom. The van der Waals surface area contributed by atoms with Crippen LogP contribution in [0.4, 0.5) is 15.8 Å². The van der Waals surface area contributed by atoms with Gasteiger partial charge in [0.05, 0.1) is 5.52 Å². The van der Waals surface area contributed by atoms with Gasteiger partial charge in [0.1, 0.15) is 5.82 Å². The van der Waals surface area contributed by atoms with Crippen molar-refractivity contribution in [1.29, 1.82) is 0 Å². The molecule has 3 heteroatoms. The van der Waals surface area contributed by atoms with Gasteiger partial charge in [0.25, 0.3) is 0 Å². The van der Waals surface area contributed by atoms with E-state index in [1.54, 1.807) is 18.3 Å². The van der Waals surface area contributed by atoms with Crippen LogP contribution in [0, 0.1) is 5.82 Å². The molecule has 3 aromatic rings. The Bertz CT molecular complexity index is 736. The molecule has 1 heterocycles. The zero-order valence-corrected chi connectivity index (χ0v) is 11.2. The minimum absolute atomic E-state index is 0.233. The summed E-state index contributed by atoms with van der Waals surface area (Å²) < 4.78 is 12.9. The Morgan fingerprint density at radius 1 is 1.05 bits per heavy atom. The number of hydrogen-bond acceptors (Lipinski definition) is 2. The number of hydrogen-bond donors (Lipinski definition) is 1. The number of nitrogens with zero attached hydrogens (tertiary/aromatic N) is 1. The van der Waals surface area contributed by atoms with Crippen LogP contribution in [-0.2, 0) is 6.42 Å². The fourth-order valence-corrected chi connectivity index (χ4v) is 2.21. The normalized spacial score (nSPS) is 10.7. The van der Waals surface area contributed by atoms with Gasteiger partial charge in [-0.3, -0.25) is 4.98 Å². The molecule has 100 valence electrons. The van der Waals surface area contributed by atoms with Crippen LogP contribution < -0.4 is 5.32 Å². The maximum Gasteiger partial charge on any atom is 0.123 e. The van der Waals surface area contributed by atoms with Crippen molar-refractivity contribution in [2.24, 2.45) is 0 Å². The van der Waals surface area contributed by atoms with Gasteiger partial charge in [0.2, 0.25) is 0 Å². The third kappa shape index (κ3) is 2.48. The topological polar surface area (TPSA) is 24.9 Å². The molecule has 0 spiro atoms.